The third-order valence-corrected chi connectivity index (χ3v) is 5.16. The summed E-state index contributed by atoms with van der Waals surface area (Å²) in [5.41, 5.74) is 9.22. The van der Waals surface area contributed by atoms with Crippen LogP contribution < -0.4 is 10.5 Å². The Morgan fingerprint density at radius 2 is 1.76 bits per heavy atom. The molecule has 0 spiro atoms. The molecular weight excluding hydrogens is 260 g/mol. The quantitative estimate of drug-likeness (QED) is 0.860. The van der Waals surface area contributed by atoms with Gasteiger partial charge < -0.3 is 15.4 Å². The second-order valence-corrected chi connectivity index (χ2v) is 6.64. The summed E-state index contributed by atoms with van der Waals surface area (Å²) in [5, 5.41) is 0. The fourth-order valence-corrected chi connectivity index (χ4v) is 3.76. The van der Waals surface area contributed by atoms with E-state index in [0.717, 1.165) is 24.2 Å². The van der Waals surface area contributed by atoms with Gasteiger partial charge in [-0.15, -0.1) is 0 Å². The van der Waals surface area contributed by atoms with Gasteiger partial charge in [0.05, 0.1) is 13.2 Å². The molecule has 0 aliphatic heterocycles. The van der Waals surface area contributed by atoms with Crippen LogP contribution in [0.4, 0.5) is 0 Å². The predicted molar refractivity (Wildman–Crippen MR) is 88.8 cm³/mol. The number of aryl methyl sites for hydroxylation is 1. The normalized spacial score (nSPS) is 20.1. The van der Waals surface area contributed by atoms with Gasteiger partial charge in [-0.25, -0.2) is 0 Å². The van der Waals surface area contributed by atoms with E-state index in [-0.39, 0.29) is 11.6 Å². The van der Waals surface area contributed by atoms with Crippen LogP contribution in [0.15, 0.2) is 18.2 Å². The molecule has 1 fully saturated rings. The van der Waals surface area contributed by atoms with Crippen LogP contribution >= 0.6 is 0 Å². The largest absolute Gasteiger partial charge is 0.496 e. The van der Waals surface area contributed by atoms with Crippen molar-refractivity contribution in [3.8, 4) is 5.75 Å². The molecular formula is C18H30N2O. The first-order chi connectivity index (χ1) is 10.0. The van der Waals surface area contributed by atoms with E-state index in [0.29, 0.717) is 0 Å². The van der Waals surface area contributed by atoms with E-state index in [1.807, 2.05) is 6.07 Å². The number of hydrogen-bond acceptors (Lipinski definition) is 3. The highest BCUT2D eigenvalue weighted by Crippen LogP contribution is 2.42. The van der Waals surface area contributed by atoms with Crippen LogP contribution in [0.25, 0.3) is 0 Å². The topological polar surface area (TPSA) is 38.5 Å². The van der Waals surface area contributed by atoms with Crippen molar-refractivity contribution in [1.82, 2.24) is 4.90 Å². The molecule has 3 nitrogen and oxygen atoms in total. The highest BCUT2D eigenvalue weighted by atomic mass is 16.5. The fraction of sp³-hybridized carbons (Fsp3) is 0.667. The molecule has 1 aromatic carbocycles. The van der Waals surface area contributed by atoms with E-state index in [1.165, 1.54) is 31.2 Å². The van der Waals surface area contributed by atoms with Crippen LogP contribution in [0.1, 0.15) is 55.7 Å². The molecule has 2 N–H and O–H groups in total. The Hall–Kier alpha value is -1.06. The fourth-order valence-electron chi connectivity index (χ4n) is 3.76. The van der Waals surface area contributed by atoms with Gasteiger partial charge in [-0.1, -0.05) is 43.4 Å². The summed E-state index contributed by atoms with van der Waals surface area (Å²) in [4.78, 5) is 2.35. The van der Waals surface area contributed by atoms with Crippen molar-refractivity contribution in [1.29, 1.82) is 0 Å². The second kappa shape index (κ2) is 6.80. The Morgan fingerprint density at radius 3 is 2.29 bits per heavy atom. The lowest BCUT2D eigenvalue weighted by atomic mass is 9.78. The lowest BCUT2D eigenvalue weighted by Gasteiger charge is -2.44. The SMILES string of the molecule is COc1ccc(C)cc1C(N)C1(N(C)C)CCCCCC1. The van der Waals surface area contributed by atoms with E-state index < -0.39 is 0 Å². The van der Waals surface area contributed by atoms with Gasteiger partial charge in [0.1, 0.15) is 5.75 Å². The zero-order valence-electron chi connectivity index (χ0n) is 14.0. The number of methoxy groups -OCH3 is 1. The van der Waals surface area contributed by atoms with Gasteiger partial charge in [0.25, 0.3) is 0 Å². The van der Waals surface area contributed by atoms with E-state index in [1.54, 1.807) is 7.11 Å². The first kappa shape index (κ1) is 16.3. The van der Waals surface area contributed by atoms with Crippen molar-refractivity contribution in [3.63, 3.8) is 0 Å². The zero-order chi connectivity index (χ0) is 15.5. The Labute approximate surface area is 129 Å². The van der Waals surface area contributed by atoms with Crippen LogP contribution in [0.5, 0.6) is 5.75 Å². The number of rotatable bonds is 4. The minimum absolute atomic E-state index is 0.0135. The molecule has 1 aromatic rings. The second-order valence-electron chi connectivity index (χ2n) is 6.64. The minimum Gasteiger partial charge on any atom is -0.496 e. The van der Waals surface area contributed by atoms with E-state index >= 15 is 0 Å². The first-order valence-corrected chi connectivity index (χ1v) is 8.09. The predicted octanol–water partition coefficient (Wildman–Crippen LogP) is 3.66. The monoisotopic (exact) mass is 290 g/mol. The van der Waals surface area contributed by atoms with Crippen LogP contribution in [-0.4, -0.2) is 31.6 Å². The summed E-state index contributed by atoms with van der Waals surface area (Å²) in [7, 11) is 6.08. The summed E-state index contributed by atoms with van der Waals surface area (Å²) in [6.07, 6.45) is 7.51. The maximum absolute atomic E-state index is 6.80. The standard InChI is InChI=1S/C18H30N2O/c1-14-9-10-16(21-4)15(13-14)17(19)18(20(2)3)11-7-5-6-8-12-18/h9-10,13,17H,5-8,11-12,19H2,1-4H3. The van der Waals surface area contributed by atoms with Gasteiger partial charge in [-0.2, -0.15) is 0 Å². The Kier molecular flexibility index (Phi) is 5.28. The van der Waals surface area contributed by atoms with Crippen molar-refractivity contribution < 1.29 is 4.74 Å². The Balaban J connectivity index is 2.42. The molecule has 1 aliphatic carbocycles. The molecule has 0 saturated heterocycles. The molecule has 3 heteroatoms. The average Bonchev–Trinajstić information content (AvgIpc) is 2.73. The van der Waals surface area contributed by atoms with Gasteiger partial charge in [0.15, 0.2) is 0 Å². The molecule has 0 heterocycles. The van der Waals surface area contributed by atoms with Crippen LogP contribution in [0.2, 0.25) is 0 Å². The summed E-state index contributed by atoms with van der Waals surface area (Å²) in [6, 6.07) is 6.31. The van der Waals surface area contributed by atoms with Crippen LogP contribution in [-0.2, 0) is 0 Å². The Morgan fingerprint density at radius 1 is 1.14 bits per heavy atom. The van der Waals surface area contributed by atoms with Gasteiger partial charge in [-0.05, 0) is 39.9 Å². The number of hydrogen-bond donors (Lipinski definition) is 1. The molecule has 1 atom stereocenters. The van der Waals surface area contributed by atoms with Gasteiger partial charge in [0, 0.05) is 11.1 Å². The van der Waals surface area contributed by atoms with Gasteiger partial charge in [0.2, 0.25) is 0 Å². The lowest BCUT2D eigenvalue weighted by Crippen LogP contribution is -2.52. The molecule has 1 unspecified atom stereocenters. The van der Waals surface area contributed by atoms with Crippen molar-refractivity contribution in [2.24, 2.45) is 5.73 Å². The number of likely N-dealkylation sites (N-methyl/N-ethyl adjacent to an activating group) is 1. The summed E-state index contributed by atoms with van der Waals surface area (Å²) in [6.45, 7) is 2.12. The maximum atomic E-state index is 6.80. The molecule has 0 radical (unpaired) electrons. The Bertz CT molecular complexity index is 462. The zero-order valence-corrected chi connectivity index (χ0v) is 14.0. The van der Waals surface area contributed by atoms with E-state index in [4.69, 9.17) is 10.5 Å². The van der Waals surface area contributed by atoms with Gasteiger partial charge >= 0.3 is 0 Å². The highest BCUT2D eigenvalue weighted by Gasteiger charge is 2.40. The van der Waals surface area contributed by atoms with Crippen LogP contribution in [0, 0.1) is 6.92 Å². The van der Waals surface area contributed by atoms with Crippen molar-refractivity contribution >= 4 is 0 Å². The number of ether oxygens (including phenoxy) is 1. The smallest absolute Gasteiger partial charge is 0.123 e. The van der Waals surface area contributed by atoms with Gasteiger partial charge in [-0.3, -0.25) is 0 Å². The molecule has 0 amide bonds. The number of benzene rings is 1. The molecule has 0 aromatic heterocycles. The molecule has 0 bridgehead atoms. The minimum atomic E-state index is -0.0135. The first-order valence-electron chi connectivity index (χ1n) is 8.09. The molecule has 1 aliphatic rings. The summed E-state index contributed by atoms with van der Waals surface area (Å²) >= 11 is 0. The lowest BCUT2D eigenvalue weighted by molar-refractivity contribution is 0.0957. The molecule has 2 rings (SSSR count). The summed E-state index contributed by atoms with van der Waals surface area (Å²) in [5.74, 6) is 0.915. The molecule has 118 valence electrons. The maximum Gasteiger partial charge on any atom is 0.123 e. The van der Waals surface area contributed by atoms with Crippen LogP contribution in [0.3, 0.4) is 0 Å². The molecule has 21 heavy (non-hydrogen) atoms. The average molecular weight is 290 g/mol. The highest BCUT2D eigenvalue weighted by molar-refractivity contribution is 5.40. The third-order valence-electron chi connectivity index (χ3n) is 5.16. The van der Waals surface area contributed by atoms with Crippen molar-refractivity contribution in [2.75, 3.05) is 21.2 Å². The number of nitrogens with zero attached hydrogens (tertiary/aromatic N) is 1. The van der Waals surface area contributed by atoms with Crippen molar-refractivity contribution in [2.45, 2.75) is 57.0 Å². The third kappa shape index (κ3) is 3.24. The molecule has 1 saturated carbocycles. The van der Waals surface area contributed by atoms with Crippen molar-refractivity contribution in [3.05, 3.63) is 29.3 Å². The number of nitrogens with two attached hydrogens (primary N) is 1. The summed E-state index contributed by atoms with van der Waals surface area (Å²) < 4.78 is 5.57. The van der Waals surface area contributed by atoms with E-state index in [2.05, 4.69) is 38.1 Å². The van der Waals surface area contributed by atoms with E-state index in [9.17, 15) is 0 Å².